The maximum Gasteiger partial charge on any atom is 0.420 e. The van der Waals surface area contributed by atoms with Gasteiger partial charge in [0.25, 0.3) is 0 Å². The molecule has 0 bridgehead atoms. The summed E-state index contributed by atoms with van der Waals surface area (Å²) >= 11 is 0. The molecule has 0 fully saturated rings. The van der Waals surface area contributed by atoms with Crippen molar-refractivity contribution in [3.63, 3.8) is 0 Å². The van der Waals surface area contributed by atoms with Gasteiger partial charge < -0.3 is 0 Å². The number of benzene rings is 1. The number of rotatable bonds is 1. The molecule has 0 heterocycles. The Labute approximate surface area is 125 Å². The van der Waals surface area contributed by atoms with E-state index in [2.05, 4.69) is 0 Å². The van der Waals surface area contributed by atoms with Crippen molar-refractivity contribution >= 4 is 21.5 Å². The van der Waals surface area contributed by atoms with Crippen molar-refractivity contribution in [2.45, 2.75) is 32.9 Å². The monoisotopic (exact) mass is 304 g/mol. The Balaban J connectivity index is 2.56. The van der Waals surface area contributed by atoms with Crippen LogP contribution in [0.3, 0.4) is 0 Å². The van der Waals surface area contributed by atoms with Crippen LogP contribution in [0.1, 0.15) is 36.5 Å². The minimum Gasteiger partial charge on any atom is -0.289 e. The molecule has 4 heteroatoms. The van der Waals surface area contributed by atoms with E-state index in [0.717, 1.165) is 22.6 Å². The van der Waals surface area contributed by atoms with Crippen LogP contribution in [0.4, 0.5) is 13.2 Å². The summed E-state index contributed by atoms with van der Waals surface area (Å²) in [4.78, 5) is 12.2. The summed E-state index contributed by atoms with van der Waals surface area (Å²) in [6.07, 6.45) is -4.64. The normalized spacial score (nSPS) is 12.7. The maximum atomic E-state index is 13.1. The standard InChI is InChI=1S/C18H15F3O/c1-9(2)11-4-5-12-8-15(18(19,20)21)17(22)14-6-10(3)13(7-11)16(12)14/h4-9H,1-3H3. The molecule has 0 spiro atoms. The second-order valence-electron chi connectivity index (χ2n) is 6.00. The lowest BCUT2D eigenvalue weighted by atomic mass is 10.0. The SMILES string of the molecule is Cc1cc2c(=O)c(C(F)(F)F)cc3ccc(C(C)C)cc1c32. The summed E-state index contributed by atoms with van der Waals surface area (Å²) < 4.78 is 39.3. The highest BCUT2D eigenvalue weighted by Crippen LogP contribution is 2.35. The fourth-order valence-corrected chi connectivity index (χ4v) is 2.92. The number of aryl methyl sites for hydroxylation is 1. The molecule has 3 aromatic carbocycles. The first-order chi connectivity index (χ1) is 10.2. The zero-order valence-corrected chi connectivity index (χ0v) is 12.5. The van der Waals surface area contributed by atoms with Gasteiger partial charge in [-0.25, -0.2) is 0 Å². The maximum absolute atomic E-state index is 13.1. The first kappa shape index (κ1) is 14.8. The van der Waals surface area contributed by atoms with Crippen molar-refractivity contribution in [3.05, 3.63) is 57.2 Å². The number of hydrogen-bond donors (Lipinski definition) is 0. The van der Waals surface area contributed by atoms with Crippen LogP contribution < -0.4 is 5.43 Å². The molecule has 0 N–H and O–H groups in total. The van der Waals surface area contributed by atoms with Crippen LogP contribution in [0, 0.1) is 6.92 Å². The molecule has 1 nitrogen and oxygen atoms in total. The molecule has 22 heavy (non-hydrogen) atoms. The van der Waals surface area contributed by atoms with Gasteiger partial charge in [0.1, 0.15) is 5.56 Å². The zero-order valence-electron chi connectivity index (χ0n) is 12.5. The lowest BCUT2D eigenvalue weighted by Crippen LogP contribution is -2.18. The smallest absolute Gasteiger partial charge is 0.289 e. The Morgan fingerprint density at radius 2 is 1.68 bits per heavy atom. The van der Waals surface area contributed by atoms with Gasteiger partial charge >= 0.3 is 6.18 Å². The highest BCUT2D eigenvalue weighted by molar-refractivity contribution is 6.13. The Hall–Kier alpha value is -2.10. The molecule has 0 aromatic heterocycles. The molecule has 0 radical (unpaired) electrons. The summed E-state index contributed by atoms with van der Waals surface area (Å²) in [6.45, 7) is 5.88. The predicted molar refractivity (Wildman–Crippen MR) is 82.7 cm³/mol. The minimum atomic E-state index is -4.64. The van der Waals surface area contributed by atoms with Crippen molar-refractivity contribution < 1.29 is 13.2 Å². The molecule has 0 atom stereocenters. The lowest BCUT2D eigenvalue weighted by molar-refractivity contribution is -0.138. The van der Waals surface area contributed by atoms with Crippen LogP contribution in [0.2, 0.25) is 0 Å². The van der Waals surface area contributed by atoms with Gasteiger partial charge in [-0.3, -0.25) is 4.79 Å². The van der Waals surface area contributed by atoms with E-state index in [9.17, 15) is 18.0 Å². The van der Waals surface area contributed by atoms with Gasteiger partial charge in [-0.15, -0.1) is 0 Å². The molecular weight excluding hydrogens is 289 g/mol. The van der Waals surface area contributed by atoms with E-state index >= 15 is 0 Å². The summed E-state index contributed by atoms with van der Waals surface area (Å²) in [6, 6.07) is 8.03. The van der Waals surface area contributed by atoms with Crippen LogP contribution in [0.25, 0.3) is 21.5 Å². The van der Waals surface area contributed by atoms with Gasteiger partial charge in [0.15, 0.2) is 5.43 Å². The van der Waals surface area contributed by atoms with E-state index in [1.54, 1.807) is 12.1 Å². The van der Waals surface area contributed by atoms with E-state index in [1.165, 1.54) is 0 Å². The van der Waals surface area contributed by atoms with Crippen molar-refractivity contribution in [1.29, 1.82) is 0 Å². The summed E-state index contributed by atoms with van der Waals surface area (Å²) in [5.41, 5.74) is -0.165. The summed E-state index contributed by atoms with van der Waals surface area (Å²) in [5.74, 6) is 0.253. The molecule has 0 saturated carbocycles. The summed E-state index contributed by atoms with van der Waals surface area (Å²) in [5, 5.41) is 2.09. The van der Waals surface area contributed by atoms with Gasteiger partial charge in [-0.1, -0.05) is 32.0 Å². The minimum absolute atomic E-state index is 0.156. The Bertz CT molecular complexity index is 923. The molecule has 0 aliphatic carbocycles. The fraction of sp³-hybridized carbons (Fsp3) is 0.278. The number of halogens is 3. The van der Waals surface area contributed by atoms with Gasteiger partial charge in [0.05, 0.1) is 0 Å². The molecule has 3 rings (SSSR count). The van der Waals surface area contributed by atoms with Gasteiger partial charge in [-0.05, 0) is 46.9 Å². The first-order valence-electron chi connectivity index (χ1n) is 7.11. The number of alkyl halides is 3. The van der Waals surface area contributed by atoms with Crippen molar-refractivity contribution in [2.24, 2.45) is 0 Å². The highest BCUT2D eigenvalue weighted by Gasteiger charge is 2.34. The third kappa shape index (κ3) is 2.14. The van der Waals surface area contributed by atoms with Crippen molar-refractivity contribution in [3.8, 4) is 0 Å². The van der Waals surface area contributed by atoms with E-state index in [0.29, 0.717) is 10.8 Å². The Morgan fingerprint density at radius 1 is 1.00 bits per heavy atom. The molecule has 0 saturated heterocycles. The third-order valence-corrected chi connectivity index (χ3v) is 4.14. The van der Waals surface area contributed by atoms with Gasteiger partial charge in [0.2, 0.25) is 0 Å². The van der Waals surface area contributed by atoms with Crippen LogP contribution in [-0.4, -0.2) is 0 Å². The molecule has 3 aromatic rings. The molecule has 0 unspecified atom stereocenters. The van der Waals surface area contributed by atoms with Crippen LogP contribution >= 0.6 is 0 Å². The fourth-order valence-electron chi connectivity index (χ4n) is 2.92. The lowest BCUT2D eigenvalue weighted by Gasteiger charge is -2.06. The number of hydrogen-bond acceptors (Lipinski definition) is 1. The Morgan fingerprint density at radius 3 is 2.27 bits per heavy atom. The largest absolute Gasteiger partial charge is 0.420 e. The molecule has 0 aliphatic rings. The second-order valence-corrected chi connectivity index (χ2v) is 6.00. The predicted octanol–water partition coefficient (Wildman–Crippen LogP) is 5.24. The molecule has 114 valence electrons. The zero-order chi connectivity index (χ0) is 16.2. The first-order valence-corrected chi connectivity index (χ1v) is 7.11. The van der Waals surface area contributed by atoms with Crippen molar-refractivity contribution in [1.82, 2.24) is 0 Å². The van der Waals surface area contributed by atoms with Gasteiger partial charge in [-0.2, -0.15) is 13.2 Å². The highest BCUT2D eigenvalue weighted by atomic mass is 19.4. The Kier molecular flexibility index (Phi) is 3.17. The second kappa shape index (κ2) is 4.70. The van der Waals surface area contributed by atoms with E-state index in [4.69, 9.17) is 0 Å². The van der Waals surface area contributed by atoms with Crippen molar-refractivity contribution in [2.75, 3.05) is 0 Å². The summed E-state index contributed by atoms with van der Waals surface area (Å²) in [7, 11) is 0. The molecular formula is C18H15F3O. The molecule has 0 amide bonds. The van der Waals surface area contributed by atoms with Crippen LogP contribution in [0.15, 0.2) is 35.1 Å². The van der Waals surface area contributed by atoms with E-state index in [1.807, 2.05) is 32.9 Å². The average Bonchev–Trinajstić information content (AvgIpc) is 2.62. The third-order valence-electron chi connectivity index (χ3n) is 4.14. The quantitative estimate of drug-likeness (QED) is 0.600. The van der Waals surface area contributed by atoms with Gasteiger partial charge in [0, 0.05) is 10.8 Å². The van der Waals surface area contributed by atoms with Crippen LogP contribution in [-0.2, 0) is 6.18 Å². The van der Waals surface area contributed by atoms with E-state index in [-0.39, 0.29) is 11.3 Å². The topological polar surface area (TPSA) is 17.1 Å². The van der Waals surface area contributed by atoms with E-state index < -0.39 is 17.2 Å². The molecule has 0 aliphatic heterocycles. The average molecular weight is 304 g/mol. The van der Waals surface area contributed by atoms with Crippen LogP contribution in [0.5, 0.6) is 0 Å².